The molecule has 0 bridgehead atoms. The SMILES string of the molecule is CCc1nn(Cc2c(F)cccc2F)c2ccnc(Cl)c12. The largest absolute Gasteiger partial charge is 0.260 e. The molecular formula is C15H12ClF2N3. The van der Waals surface area contributed by atoms with Crippen molar-refractivity contribution in [3.8, 4) is 0 Å². The number of nitrogens with zero attached hydrogens (tertiary/aromatic N) is 3. The van der Waals surface area contributed by atoms with Crippen LogP contribution in [0.4, 0.5) is 8.78 Å². The molecule has 0 aliphatic rings. The summed E-state index contributed by atoms with van der Waals surface area (Å²) in [5.74, 6) is -1.17. The topological polar surface area (TPSA) is 30.7 Å². The number of halogens is 3. The highest BCUT2D eigenvalue weighted by molar-refractivity contribution is 6.34. The molecule has 21 heavy (non-hydrogen) atoms. The van der Waals surface area contributed by atoms with Crippen LogP contribution < -0.4 is 0 Å². The molecule has 0 aliphatic carbocycles. The van der Waals surface area contributed by atoms with E-state index in [9.17, 15) is 8.78 Å². The van der Waals surface area contributed by atoms with E-state index < -0.39 is 11.6 Å². The average Bonchev–Trinajstić information content (AvgIpc) is 2.82. The number of aryl methyl sites for hydroxylation is 1. The molecule has 108 valence electrons. The minimum Gasteiger partial charge on any atom is -0.260 e. The average molecular weight is 308 g/mol. The van der Waals surface area contributed by atoms with Crippen LogP contribution in [-0.4, -0.2) is 14.8 Å². The third kappa shape index (κ3) is 2.38. The molecule has 3 rings (SSSR count). The summed E-state index contributed by atoms with van der Waals surface area (Å²) in [5.41, 5.74) is 1.46. The summed E-state index contributed by atoms with van der Waals surface area (Å²) < 4.78 is 29.1. The van der Waals surface area contributed by atoms with Crippen LogP contribution in [0.25, 0.3) is 10.9 Å². The second kappa shape index (κ2) is 5.41. The lowest BCUT2D eigenvalue weighted by atomic mass is 10.2. The van der Waals surface area contributed by atoms with E-state index in [1.165, 1.54) is 18.2 Å². The normalized spacial score (nSPS) is 11.2. The predicted molar refractivity (Wildman–Crippen MR) is 77.4 cm³/mol. The van der Waals surface area contributed by atoms with Gasteiger partial charge in [0.1, 0.15) is 16.8 Å². The Bertz CT molecular complexity index is 794. The molecule has 0 N–H and O–H groups in total. The summed E-state index contributed by atoms with van der Waals surface area (Å²) >= 11 is 6.11. The molecule has 2 aromatic heterocycles. The van der Waals surface area contributed by atoms with Crippen LogP contribution in [0.15, 0.2) is 30.5 Å². The second-order valence-electron chi connectivity index (χ2n) is 4.65. The van der Waals surface area contributed by atoms with E-state index in [1.54, 1.807) is 16.9 Å². The van der Waals surface area contributed by atoms with E-state index in [4.69, 9.17) is 11.6 Å². The molecule has 0 aliphatic heterocycles. The van der Waals surface area contributed by atoms with Gasteiger partial charge in [0.2, 0.25) is 0 Å². The maximum atomic E-state index is 13.8. The zero-order valence-corrected chi connectivity index (χ0v) is 12.0. The second-order valence-corrected chi connectivity index (χ2v) is 5.01. The number of aromatic nitrogens is 3. The van der Waals surface area contributed by atoms with E-state index >= 15 is 0 Å². The molecule has 3 nitrogen and oxygen atoms in total. The van der Waals surface area contributed by atoms with Gasteiger partial charge in [-0.3, -0.25) is 4.68 Å². The van der Waals surface area contributed by atoms with Crippen LogP contribution in [0.1, 0.15) is 18.2 Å². The quantitative estimate of drug-likeness (QED) is 0.685. The lowest BCUT2D eigenvalue weighted by molar-refractivity contribution is 0.535. The Morgan fingerprint density at radius 3 is 2.57 bits per heavy atom. The van der Waals surface area contributed by atoms with E-state index in [2.05, 4.69) is 10.1 Å². The fourth-order valence-electron chi connectivity index (χ4n) is 2.36. The van der Waals surface area contributed by atoms with Crippen molar-refractivity contribution in [2.45, 2.75) is 19.9 Å². The van der Waals surface area contributed by atoms with Gasteiger partial charge in [0.25, 0.3) is 0 Å². The van der Waals surface area contributed by atoms with Crippen molar-refractivity contribution in [3.63, 3.8) is 0 Å². The first kappa shape index (κ1) is 13.9. The van der Waals surface area contributed by atoms with Crippen LogP contribution in [0.3, 0.4) is 0 Å². The van der Waals surface area contributed by atoms with Gasteiger partial charge in [0.15, 0.2) is 0 Å². The van der Waals surface area contributed by atoms with Gasteiger partial charge in [-0.2, -0.15) is 5.10 Å². The third-order valence-electron chi connectivity index (χ3n) is 3.40. The highest BCUT2D eigenvalue weighted by Crippen LogP contribution is 2.26. The van der Waals surface area contributed by atoms with E-state index in [0.29, 0.717) is 11.6 Å². The summed E-state index contributed by atoms with van der Waals surface area (Å²) in [5, 5.41) is 5.49. The van der Waals surface area contributed by atoms with Crippen molar-refractivity contribution in [3.05, 3.63) is 58.5 Å². The molecule has 0 atom stereocenters. The maximum Gasteiger partial charge on any atom is 0.140 e. The third-order valence-corrected chi connectivity index (χ3v) is 3.68. The summed E-state index contributed by atoms with van der Waals surface area (Å²) in [6.45, 7) is 1.95. The molecule has 2 heterocycles. The van der Waals surface area contributed by atoms with Crippen molar-refractivity contribution in [2.24, 2.45) is 0 Å². The van der Waals surface area contributed by atoms with Gasteiger partial charge in [0.05, 0.1) is 23.1 Å². The number of rotatable bonds is 3. The van der Waals surface area contributed by atoms with Crippen molar-refractivity contribution in [1.29, 1.82) is 0 Å². The molecule has 0 fully saturated rings. The maximum absolute atomic E-state index is 13.8. The Hall–Kier alpha value is -2.01. The zero-order chi connectivity index (χ0) is 15.0. The lowest BCUT2D eigenvalue weighted by Gasteiger charge is -2.06. The highest BCUT2D eigenvalue weighted by atomic mass is 35.5. The smallest absolute Gasteiger partial charge is 0.140 e. The molecule has 0 saturated heterocycles. The Kier molecular flexibility index (Phi) is 3.59. The molecule has 0 radical (unpaired) electrons. The van der Waals surface area contributed by atoms with Gasteiger partial charge in [-0.15, -0.1) is 0 Å². The van der Waals surface area contributed by atoms with Gasteiger partial charge in [-0.05, 0) is 24.6 Å². The standard InChI is InChI=1S/C15H12ClF2N3/c1-2-12-14-13(6-7-19-15(14)16)21(20-12)8-9-10(17)4-3-5-11(9)18/h3-7H,2,8H2,1H3. The minimum atomic E-state index is -0.586. The van der Waals surface area contributed by atoms with E-state index in [0.717, 1.165) is 16.6 Å². The van der Waals surface area contributed by atoms with Gasteiger partial charge < -0.3 is 0 Å². The van der Waals surface area contributed by atoms with Gasteiger partial charge in [-0.1, -0.05) is 24.6 Å². The number of pyridine rings is 1. The predicted octanol–water partition coefficient (Wildman–Crippen LogP) is 3.97. The summed E-state index contributed by atoms with van der Waals surface area (Å²) in [7, 11) is 0. The minimum absolute atomic E-state index is 0.00927. The highest BCUT2D eigenvalue weighted by Gasteiger charge is 2.16. The Labute approximate surface area is 125 Å². The Balaban J connectivity index is 2.16. The molecule has 0 unspecified atom stereocenters. The molecule has 3 aromatic rings. The van der Waals surface area contributed by atoms with Crippen molar-refractivity contribution < 1.29 is 8.78 Å². The van der Waals surface area contributed by atoms with Crippen LogP contribution in [0.2, 0.25) is 5.15 Å². The molecule has 0 amide bonds. The zero-order valence-electron chi connectivity index (χ0n) is 11.3. The van der Waals surface area contributed by atoms with Crippen LogP contribution in [-0.2, 0) is 13.0 Å². The Morgan fingerprint density at radius 2 is 1.90 bits per heavy atom. The first-order valence-corrected chi connectivity index (χ1v) is 6.92. The summed E-state index contributed by atoms with van der Waals surface area (Å²) in [6, 6.07) is 5.55. The van der Waals surface area contributed by atoms with Crippen LogP contribution in [0.5, 0.6) is 0 Å². The van der Waals surface area contributed by atoms with Gasteiger partial charge >= 0.3 is 0 Å². The molecular weight excluding hydrogens is 296 g/mol. The van der Waals surface area contributed by atoms with Crippen molar-refractivity contribution >= 4 is 22.5 Å². The molecule has 0 saturated carbocycles. The number of hydrogen-bond acceptors (Lipinski definition) is 2. The van der Waals surface area contributed by atoms with Crippen LogP contribution >= 0.6 is 11.6 Å². The first-order chi connectivity index (χ1) is 10.1. The summed E-state index contributed by atoms with van der Waals surface area (Å²) in [4.78, 5) is 4.04. The Morgan fingerprint density at radius 1 is 1.19 bits per heavy atom. The molecule has 0 spiro atoms. The van der Waals surface area contributed by atoms with Crippen molar-refractivity contribution in [2.75, 3.05) is 0 Å². The lowest BCUT2D eigenvalue weighted by Crippen LogP contribution is -2.06. The molecule has 6 heteroatoms. The summed E-state index contributed by atoms with van der Waals surface area (Å²) in [6.07, 6.45) is 2.22. The number of fused-ring (bicyclic) bond motifs is 1. The van der Waals surface area contributed by atoms with Crippen LogP contribution in [0, 0.1) is 11.6 Å². The molecule has 1 aromatic carbocycles. The number of benzene rings is 1. The van der Waals surface area contributed by atoms with Crippen molar-refractivity contribution in [1.82, 2.24) is 14.8 Å². The van der Waals surface area contributed by atoms with E-state index in [1.807, 2.05) is 6.92 Å². The fourth-order valence-corrected chi connectivity index (χ4v) is 2.62. The van der Waals surface area contributed by atoms with E-state index in [-0.39, 0.29) is 12.1 Å². The first-order valence-electron chi connectivity index (χ1n) is 6.54. The number of hydrogen-bond donors (Lipinski definition) is 0. The monoisotopic (exact) mass is 307 g/mol. The fraction of sp³-hybridized carbons (Fsp3) is 0.200. The van der Waals surface area contributed by atoms with Gasteiger partial charge in [0, 0.05) is 11.8 Å². The van der Waals surface area contributed by atoms with Gasteiger partial charge in [-0.25, -0.2) is 13.8 Å².